The number of hydrogen-bond donors (Lipinski definition) is 1. The lowest BCUT2D eigenvalue weighted by atomic mass is 9.64. The zero-order chi connectivity index (χ0) is 28.0. The molecule has 37 heavy (non-hydrogen) atoms. The van der Waals surface area contributed by atoms with Crippen LogP contribution >= 0.6 is 0 Å². The molecule has 0 aromatic heterocycles. The van der Waals surface area contributed by atoms with Crippen molar-refractivity contribution in [3.63, 3.8) is 0 Å². The number of ether oxygens (including phenoxy) is 1. The van der Waals surface area contributed by atoms with Crippen LogP contribution in [0.15, 0.2) is 42.5 Å². The van der Waals surface area contributed by atoms with Crippen LogP contribution in [-0.2, 0) is 22.5 Å². The number of halogens is 9. The summed E-state index contributed by atoms with van der Waals surface area (Å²) in [5.74, 6) is 0. The molecule has 3 atom stereocenters. The van der Waals surface area contributed by atoms with Crippen LogP contribution in [0.5, 0.6) is 0 Å². The number of fused-ring (bicyclic) bond motifs is 1. The van der Waals surface area contributed by atoms with Gasteiger partial charge in [0, 0.05) is 12.1 Å². The molecule has 13 heteroatoms. The fraction of sp³-hybridized carbons (Fsp3) is 0.458. The Morgan fingerprint density at radius 2 is 1.54 bits per heavy atom. The van der Waals surface area contributed by atoms with Gasteiger partial charge in [-0.2, -0.15) is 39.5 Å². The molecule has 0 radical (unpaired) electrons. The number of rotatable bonds is 4. The standard InChI is InChI=1S/C24H23F9N2O2/c1-3-16-12-21(24(31,32)33,17-7-5-6-8-18(17)35(16)20(36)37-4-2)19(34)13-9-14(22(25,26)27)11-15(10-13)23(28,29)30/h5-11,16,19H,3-4,12,34H2,1-2H3. The lowest BCUT2D eigenvalue weighted by Gasteiger charge is -2.50. The SMILES string of the molecule is CCOC(=O)N1c2ccccc2C(C(N)c2cc(C(F)(F)F)cc(C(F)(F)F)c2)(C(F)(F)F)CC1CC. The first-order valence-electron chi connectivity index (χ1n) is 11.2. The summed E-state index contributed by atoms with van der Waals surface area (Å²) in [7, 11) is 0. The molecule has 3 unspecified atom stereocenters. The summed E-state index contributed by atoms with van der Waals surface area (Å²) in [6.07, 6.45) is -17.7. The molecule has 0 fully saturated rings. The minimum atomic E-state index is -5.28. The topological polar surface area (TPSA) is 55.6 Å². The molecule has 1 aliphatic heterocycles. The third-order valence-corrected chi connectivity index (χ3v) is 6.51. The van der Waals surface area contributed by atoms with Crippen LogP contribution < -0.4 is 10.6 Å². The van der Waals surface area contributed by atoms with E-state index in [-0.39, 0.29) is 36.9 Å². The molecule has 0 bridgehead atoms. The zero-order valence-corrected chi connectivity index (χ0v) is 19.6. The van der Waals surface area contributed by atoms with Gasteiger partial charge in [-0.05, 0) is 55.2 Å². The van der Waals surface area contributed by atoms with Crippen molar-refractivity contribution in [2.75, 3.05) is 11.5 Å². The minimum Gasteiger partial charge on any atom is -0.449 e. The predicted molar refractivity (Wildman–Crippen MR) is 116 cm³/mol. The van der Waals surface area contributed by atoms with Crippen molar-refractivity contribution in [2.45, 2.75) is 62.7 Å². The molecule has 4 nitrogen and oxygen atoms in total. The number of anilines is 1. The molecule has 2 aromatic rings. The zero-order valence-electron chi connectivity index (χ0n) is 19.6. The smallest absolute Gasteiger partial charge is 0.416 e. The normalized spacial score (nSPS) is 21.4. The second-order valence-corrected chi connectivity index (χ2v) is 8.64. The Labute approximate surface area is 206 Å². The highest BCUT2D eigenvalue weighted by atomic mass is 19.4. The number of nitrogens with zero attached hydrogens (tertiary/aromatic N) is 1. The van der Waals surface area contributed by atoms with Crippen LogP contribution in [0.25, 0.3) is 0 Å². The van der Waals surface area contributed by atoms with E-state index in [9.17, 15) is 31.1 Å². The number of para-hydroxylation sites is 1. The largest absolute Gasteiger partial charge is 0.449 e. The molecule has 1 heterocycles. The molecule has 1 aliphatic rings. The second-order valence-electron chi connectivity index (χ2n) is 8.64. The van der Waals surface area contributed by atoms with Crippen LogP contribution in [0.4, 0.5) is 50.0 Å². The Bertz CT molecular complexity index is 1110. The van der Waals surface area contributed by atoms with Gasteiger partial charge in [0.2, 0.25) is 0 Å². The van der Waals surface area contributed by atoms with Crippen LogP contribution in [0, 0.1) is 0 Å². The summed E-state index contributed by atoms with van der Waals surface area (Å²) in [4.78, 5) is 13.7. The summed E-state index contributed by atoms with van der Waals surface area (Å²) in [5.41, 5.74) is -2.44. The fourth-order valence-corrected chi connectivity index (χ4v) is 4.78. The molecule has 2 aromatic carbocycles. The van der Waals surface area contributed by atoms with Gasteiger partial charge >= 0.3 is 24.6 Å². The summed E-state index contributed by atoms with van der Waals surface area (Å²) in [6.45, 7) is 2.91. The van der Waals surface area contributed by atoms with Gasteiger partial charge in [-0.15, -0.1) is 0 Å². The first-order chi connectivity index (χ1) is 17.0. The predicted octanol–water partition coefficient (Wildman–Crippen LogP) is 7.37. The van der Waals surface area contributed by atoms with E-state index in [0.29, 0.717) is 0 Å². The molecular weight excluding hydrogens is 519 g/mol. The molecule has 0 spiro atoms. The van der Waals surface area contributed by atoms with E-state index in [4.69, 9.17) is 10.5 Å². The monoisotopic (exact) mass is 542 g/mol. The quantitative estimate of drug-likeness (QED) is 0.411. The van der Waals surface area contributed by atoms with Gasteiger partial charge in [0.15, 0.2) is 0 Å². The highest BCUT2D eigenvalue weighted by Gasteiger charge is 2.64. The van der Waals surface area contributed by atoms with Gasteiger partial charge in [-0.1, -0.05) is 25.1 Å². The Hall–Kier alpha value is -2.96. The van der Waals surface area contributed by atoms with Crippen LogP contribution in [0.3, 0.4) is 0 Å². The third-order valence-electron chi connectivity index (χ3n) is 6.51. The molecule has 0 saturated heterocycles. The number of amides is 1. The van der Waals surface area contributed by atoms with Gasteiger partial charge in [0.05, 0.1) is 23.4 Å². The first-order valence-corrected chi connectivity index (χ1v) is 11.2. The highest BCUT2D eigenvalue weighted by Crippen LogP contribution is 2.58. The fourth-order valence-electron chi connectivity index (χ4n) is 4.78. The van der Waals surface area contributed by atoms with Crippen molar-refractivity contribution in [1.82, 2.24) is 0 Å². The van der Waals surface area contributed by atoms with Crippen molar-refractivity contribution >= 4 is 11.8 Å². The van der Waals surface area contributed by atoms with Crippen LogP contribution in [0.2, 0.25) is 0 Å². The average Bonchev–Trinajstić information content (AvgIpc) is 2.80. The van der Waals surface area contributed by atoms with Crippen LogP contribution in [0.1, 0.15) is 55.0 Å². The Morgan fingerprint density at radius 1 is 1.00 bits per heavy atom. The Morgan fingerprint density at radius 3 is 2.00 bits per heavy atom. The van der Waals surface area contributed by atoms with Crippen molar-refractivity contribution in [3.05, 3.63) is 64.7 Å². The lowest BCUT2D eigenvalue weighted by Crippen LogP contribution is -2.59. The maximum atomic E-state index is 15.0. The summed E-state index contributed by atoms with van der Waals surface area (Å²) in [5, 5.41) is 0. The minimum absolute atomic E-state index is 0.0336. The lowest BCUT2D eigenvalue weighted by molar-refractivity contribution is -0.203. The van der Waals surface area contributed by atoms with Gasteiger partial charge in [0.25, 0.3) is 0 Å². The van der Waals surface area contributed by atoms with Gasteiger partial charge in [-0.3, -0.25) is 4.90 Å². The molecule has 0 aliphatic carbocycles. The highest BCUT2D eigenvalue weighted by molar-refractivity contribution is 5.90. The van der Waals surface area contributed by atoms with E-state index in [1.807, 2.05) is 0 Å². The van der Waals surface area contributed by atoms with Gasteiger partial charge < -0.3 is 10.5 Å². The molecular formula is C24H23F9N2O2. The van der Waals surface area contributed by atoms with E-state index >= 15 is 13.2 Å². The van der Waals surface area contributed by atoms with Crippen molar-refractivity contribution < 1.29 is 49.0 Å². The van der Waals surface area contributed by atoms with Crippen molar-refractivity contribution in [2.24, 2.45) is 5.73 Å². The van der Waals surface area contributed by atoms with E-state index in [2.05, 4.69) is 0 Å². The summed E-state index contributed by atoms with van der Waals surface area (Å²) >= 11 is 0. The van der Waals surface area contributed by atoms with E-state index in [1.54, 1.807) is 0 Å². The Kier molecular flexibility index (Phi) is 7.52. The number of carbonyl (C=O) groups is 1. The summed E-state index contributed by atoms with van der Waals surface area (Å²) in [6, 6.07) is 1.46. The molecule has 1 amide bonds. The maximum Gasteiger partial charge on any atom is 0.416 e. The number of nitrogens with two attached hydrogens (primary N) is 1. The van der Waals surface area contributed by atoms with Crippen molar-refractivity contribution in [3.8, 4) is 0 Å². The molecule has 2 N–H and O–H groups in total. The molecule has 204 valence electrons. The maximum absolute atomic E-state index is 15.0. The van der Waals surface area contributed by atoms with E-state index < -0.39 is 70.8 Å². The average molecular weight is 542 g/mol. The number of hydrogen-bond acceptors (Lipinski definition) is 3. The Balaban J connectivity index is 2.35. The molecule has 0 saturated carbocycles. The summed E-state index contributed by atoms with van der Waals surface area (Å²) < 4.78 is 131. The van der Waals surface area contributed by atoms with Crippen LogP contribution in [-0.4, -0.2) is 24.9 Å². The van der Waals surface area contributed by atoms with Gasteiger partial charge in [-0.25, -0.2) is 4.79 Å². The molecule has 3 rings (SSSR count). The van der Waals surface area contributed by atoms with Gasteiger partial charge in [0.1, 0.15) is 5.41 Å². The van der Waals surface area contributed by atoms with Crippen molar-refractivity contribution in [1.29, 1.82) is 0 Å². The number of benzene rings is 2. The number of carbonyl (C=O) groups excluding carboxylic acids is 1. The van der Waals surface area contributed by atoms with E-state index in [1.165, 1.54) is 32.0 Å². The third kappa shape index (κ3) is 5.10. The number of alkyl halides is 9. The first kappa shape index (κ1) is 28.6. The second kappa shape index (κ2) is 9.73. The van der Waals surface area contributed by atoms with E-state index in [0.717, 1.165) is 11.0 Å².